The molecule has 6 nitrogen and oxygen atoms in total. The number of thioether (sulfide) groups is 1. The SMILES string of the molecule is CCCCCCC(O)C1OC2SC(N(C)C)=NC2C(O)C1O. The lowest BCUT2D eigenvalue weighted by molar-refractivity contribution is -0.185. The van der Waals surface area contributed by atoms with E-state index in [4.69, 9.17) is 4.74 Å². The van der Waals surface area contributed by atoms with E-state index in [0.29, 0.717) is 6.42 Å². The van der Waals surface area contributed by atoms with Crippen LogP contribution in [0.5, 0.6) is 0 Å². The lowest BCUT2D eigenvalue weighted by Gasteiger charge is -2.40. The van der Waals surface area contributed by atoms with Crippen LogP contribution in [0, 0.1) is 0 Å². The van der Waals surface area contributed by atoms with Crippen LogP contribution < -0.4 is 0 Å². The second-order valence-corrected chi connectivity index (χ2v) is 7.35. The summed E-state index contributed by atoms with van der Waals surface area (Å²) in [4.78, 5) is 6.27. The molecule has 1 saturated heterocycles. The van der Waals surface area contributed by atoms with Crippen molar-refractivity contribution in [2.24, 2.45) is 4.99 Å². The van der Waals surface area contributed by atoms with Crippen LogP contribution in [-0.2, 0) is 4.74 Å². The van der Waals surface area contributed by atoms with Crippen molar-refractivity contribution in [3.8, 4) is 0 Å². The number of fused-ring (bicyclic) bond motifs is 1. The largest absolute Gasteiger partial charge is 0.390 e. The Kier molecular flexibility index (Phi) is 6.52. The lowest BCUT2D eigenvalue weighted by Crippen LogP contribution is -2.58. The van der Waals surface area contributed by atoms with Gasteiger partial charge in [-0.3, -0.25) is 4.99 Å². The number of ether oxygens (including phenoxy) is 1. The molecule has 2 heterocycles. The van der Waals surface area contributed by atoms with Gasteiger partial charge in [0, 0.05) is 14.1 Å². The van der Waals surface area contributed by atoms with Crippen LogP contribution in [0.4, 0.5) is 0 Å². The van der Waals surface area contributed by atoms with Crippen molar-refractivity contribution in [2.45, 2.75) is 74.9 Å². The molecule has 2 aliphatic heterocycles. The van der Waals surface area contributed by atoms with Crippen molar-refractivity contribution in [1.29, 1.82) is 0 Å². The molecule has 2 rings (SSSR count). The van der Waals surface area contributed by atoms with E-state index in [1.54, 1.807) is 0 Å². The number of nitrogens with zero attached hydrogens (tertiary/aromatic N) is 2. The summed E-state index contributed by atoms with van der Waals surface area (Å²) >= 11 is 1.43. The molecule has 22 heavy (non-hydrogen) atoms. The minimum absolute atomic E-state index is 0.342. The highest BCUT2D eigenvalue weighted by atomic mass is 32.2. The molecule has 0 aromatic carbocycles. The normalized spacial score (nSPS) is 35.9. The summed E-state index contributed by atoms with van der Waals surface area (Å²) in [7, 11) is 3.76. The molecule has 1 fully saturated rings. The van der Waals surface area contributed by atoms with Crippen molar-refractivity contribution in [3.05, 3.63) is 0 Å². The van der Waals surface area contributed by atoms with E-state index in [1.165, 1.54) is 11.8 Å². The zero-order chi connectivity index (χ0) is 16.3. The van der Waals surface area contributed by atoms with Crippen LogP contribution in [-0.4, -0.2) is 75.4 Å². The number of hydrogen-bond donors (Lipinski definition) is 3. The van der Waals surface area contributed by atoms with E-state index in [-0.39, 0.29) is 5.44 Å². The highest BCUT2D eigenvalue weighted by Crippen LogP contribution is 2.38. The first-order valence-corrected chi connectivity index (χ1v) is 8.95. The maximum absolute atomic E-state index is 10.3. The first-order valence-electron chi connectivity index (χ1n) is 8.07. The third-order valence-corrected chi connectivity index (χ3v) is 5.51. The smallest absolute Gasteiger partial charge is 0.161 e. The average Bonchev–Trinajstić information content (AvgIpc) is 2.91. The van der Waals surface area contributed by atoms with Crippen molar-refractivity contribution in [2.75, 3.05) is 14.1 Å². The van der Waals surface area contributed by atoms with Crippen molar-refractivity contribution < 1.29 is 20.1 Å². The van der Waals surface area contributed by atoms with Crippen LogP contribution in [0.1, 0.15) is 39.0 Å². The molecule has 0 aromatic rings. The summed E-state index contributed by atoms with van der Waals surface area (Å²) in [6.45, 7) is 2.14. The van der Waals surface area contributed by atoms with Crippen LogP contribution in [0.15, 0.2) is 4.99 Å². The van der Waals surface area contributed by atoms with E-state index < -0.39 is 30.5 Å². The molecule has 0 aliphatic carbocycles. The van der Waals surface area contributed by atoms with Gasteiger partial charge in [0.25, 0.3) is 0 Å². The predicted molar refractivity (Wildman–Crippen MR) is 87.9 cm³/mol. The molecular formula is C15H28N2O4S. The maximum Gasteiger partial charge on any atom is 0.161 e. The van der Waals surface area contributed by atoms with Gasteiger partial charge in [-0.15, -0.1) is 0 Å². The molecule has 6 atom stereocenters. The topological polar surface area (TPSA) is 85.5 Å². The van der Waals surface area contributed by atoms with Gasteiger partial charge in [-0.1, -0.05) is 44.4 Å². The van der Waals surface area contributed by atoms with Gasteiger partial charge < -0.3 is 25.0 Å². The number of aliphatic hydroxyl groups is 3. The molecular weight excluding hydrogens is 304 g/mol. The van der Waals surface area contributed by atoms with Gasteiger partial charge in [-0.25, -0.2) is 0 Å². The second-order valence-electron chi connectivity index (χ2n) is 6.28. The number of aliphatic imine (C=N–C) groups is 1. The molecule has 0 radical (unpaired) electrons. The van der Waals surface area contributed by atoms with Crippen molar-refractivity contribution in [3.63, 3.8) is 0 Å². The Morgan fingerprint density at radius 1 is 1.23 bits per heavy atom. The minimum atomic E-state index is -1.10. The van der Waals surface area contributed by atoms with Gasteiger partial charge in [0.2, 0.25) is 0 Å². The molecule has 0 saturated carbocycles. The van der Waals surface area contributed by atoms with Crippen LogP contribution in [0.2, 0.25) is 0 Å². The van der Waals surface area contributed by atoms with Crippen LogP contribution in [0.25, 0.3) is 0 Å². The molecule has 0 spiro atoms. The third kappa shape index (κ3) is 3.94. The lowest BCUT2D eigenvalue weighted by atomic mass is 9.92. The van der Waals surface area contributed by atoms with Gasteiger partial charge in [0.05, 0.1) is 6.10 Å². The van der Waals surface area contributed by atoms with Crippen molar-refractivity contribution >= 4 is 16.9 Å². The van der Waals surface area contributed by atoms with Gasteiger partial charge in [0.15, 0.2) is 5.17 Å². The second kappa shape index (κ2) is 7.97. The van der Waals surface area contributed by atoms with E-state index in [0.717, 1.165) is 30.9 Å². The Bertz CT molecular complexity index is 394. The highest BCUT2D eigenvalue weighted by molar-refractivity contribution is 8.14. The predicted octanol–water partition coefficient (Wildman–Crippen LogP) is 0.797. The number of unbranched alkanes of at least 4 members (excludes halogenated alkanes) is 3. The van der Waals surface area contributed by atoms with Gasteiger partial charge in [-0.05, 0) is 6.42 Å². The summed E-state index contributed by atoms with van der Waals surface area (Å²) in [5.74, 6) is 0. The minimum Gasteiger partial charge on any atom is -0.390 e. The quantitative estimate of drug-likeness (QED) is 0.624. The Morgan fingerprint density at radius 2 is 1.95 bits per heavy atom. The van der Waals surface area contributed by atoms with E-state index in [1.807, 2.05) is 19.0 Å². The van der Waals surface area contributed by atoms with E-state index in [9.17, 15) is 15.3 Å². The monoisotopic (exact) mass is 332 g/mol. The summed E-state index contributed by atoms with van der Waals surface area (Å²) in [5.41, 5.74) is -0.342. The van der Waals surface area contributed by atoms with Gasteiger partial charge in [0.1, 0.15) is 29.8 Å². The Balaban J connectivity index is 1.93. The molecule has 0 aromatic heterocycles. The average molecular weight is 332 g/mol. The molecule has 0 bridgehead atoms. The first kappa shape index (κ1) is 18.0. The number of rotatable bonds is 6. The third-order valence-electron chi connectivity index (χ3n) is 4.20. The molecule has 7 heteroatoms. The molecule has 128 valence electrons. The zero-order valence-electron chi connectivity index (χ0n) is 13.6. The van der Waals surface area contributed by atoms with E-state index >= 15 is 0 Å². The summed E-state index contributed by atoms with van der Waals surface area (Å²) in [6, 6.07) is -0.471. The summed E-state index contributed by atoms with van der Waals surface area (Å²) in [5, 5.41) is 31.6. The summed E-state index contributed by atoms with van der Waals surface area (Å²) in [6.07, 6.45) is 1.22. The van der Waals surface area contributed by atoms with Crippen LogP contribution >= 0.6 is 11.8 Å². The molecule has 0 amide bonds. The van der Waals surface area contributed by atoms with Crippen molar-refractivity contribution in [1.82, 2.24) is 4.90 Å². The fraction of sp³-hybridized carbons (Fsp3) is 0.933. The first-order chi connectivity index (χ1) is 10.5. The Hall–Kier alpha value is -0.340. The van der Waals surface area contributed by atoms with E-state index in [2.05, 4.69) is 11.9 Å². The molecule has 2 aliphatic rings. The number of aliphatic hydroxyl groups excluding tert-OH is 3. The fourth-order valence-corrected chi connectivity index (χ4v) is 4.00. The van der Waals surface area contributed by atoms with Crippen LogP contribution in [0.3, 0.4) is 0 Å². The van der Waals surface area contributed by atoms with Gasteiger partial charge >= 0.3 is 0 Å². The fourth-order valence-electron chi connectivity index (χ4n) is 2.85. The molecule has 3 N–H and O–H groups in total. The zero-order valence-corrected chi connectivity index (χ0v) is 14.4. The van der Waals surface area contributed by atoms with Gasteiger partial charge in [-0.2, -0.15) is 0 Å². The standard InChI is InChI=1S/C15H28N2O4S/c1-4-5-6-7-8-9(18)13-12(20)11(19)10-14(21-13)22-15(16-10)17(2)3/h9-14,18-20H,4-8H2,1-3H3. The maximum atomic E-state index is 10.3. The molecule has 6 unspecified atom stereocenters. The number of amidine groups is 1. The highest BCUT2D eigenvalue weighted by Gasteiger charge is 2.50. The Morgan fingerprint density at radius 3 is 2.59 bits per heavy atom. The summed E-state index contributed by atoms with van der Waals surface area (Å²) < 4.78 is 5.85. The number of hydrogen-bond acceptors (Lipinski definition) is 7. The Labute approximate surface area is 136 Å².